The second kappa shape index (κ2) is 8.33. The van der Waals surface area contributed by atoms with Crippen LogP contribution in [0.2, 0.25) is 0 Å². The van der Waals surface area contributed by atoms with E-state index in [1.165, 1.54) is 12.0 Å². The Morgan fingerprint density at radius 3 is 2.68 bits per heavy atom. The minimum Gasteiger partial charge on any atom is -0.395 e. The summed E-state index contributed by atoms with van der Waals surface area (Å²) in [5, 5.41) is 14.8. The van der Waals surface area contributed by atoms with Crippen molar-refractivity contribution in [2.45, 2.75) is 38.2 Å². The van der Waals surface area contributed by atoms with Crippen LogP contribution in [0, 0.1) is 23.7 Å². The van der Waals surface area contributed by atoms with Crippen molar-refractivity contribution >= 4 is 6.21 Å². The molecule has 6 atom stereocenters. The molecule has 4 nitrogen and oxygen atoms in total. The molecule has 2 saturated carbocycles. The van der Waals surface area contributed by atoms with Gasteiger partial charge in [-0.1, -0.05) is 42.4 Å². The van der Waals surface area contributed by atoms with E-state index >= 15 is 0 Å². The maximum Gasteiger partial charge on any atom is 0.129 e. The third-order valence-electron chi connectivity index (χ3n) is 6.09. The van der Waals surface area contributed by atoms with Gasteiger partial charge in [0.05, 0.1) is 6.10 Å². The molecule has 4 heteroatoms. The highest BCUT2D eigenvalue weighted by atomic mass is 16.6. The summed E-state index contributed by atoms with van der Waals surface area (Å²) in [5.41, 5.74) is 1.42. The molecule has 1 aromatic carbocycles. The highest BCUT2D eigenvalue weighted by molar-refractivity contribution is 5.61. The number of fused-ring (bicyclic) bond motifs is 1. The molecule has 0 aromatic heterocycles. The lowest BCUT2D eigenvalue weighted by molar-refractivity contribution is 0.0659. The van der Waals surface area contributed by atoms with Gasteiger partial charge in [0.2, 0.25) is 0 Å². The lowest BCUT2D eigenvalue weighted by Gasteiger charge is -2.39. The first-order chi connectivity index (χ1) is 12.1. The minimum absolute atomic E-state index is 0.211. The number of aliphatic hydroxyl groups is 1. The molecule has 0 amide bonds. The van der Waals surface area contributed by atoms with E-state index in [0.717, 1.165) is 19.4 Å². The fourth-order valence-electron chi connectivity index (χ4n) is 4.93. The number of rotatable bonds is 6. The Morgan fingerprint density at radius 2 is 1.96 bits per heavy atom. The van der Waals surface area contributed by atoms with E-state index in [9.17, 15) is 5.11 Å². The average Bonchev–Trinajstić information content (AvgIpc) is 2.92. The highest BCUT2D eigenvalue weighted by Gasteiger charge is 2.48. The van der Waals surface area contributed by atoms with Crippen LogP contribution in [0.15, 0.2) is 35.5 Å². The Hall–Kier alpha value is -1.39. The second-order valence-corrected chi connectivity index (χ2v) is 8.16. The summed E-state index contributed by atoms with van der Waals surface area (Å²) < 4.78 is 0. The number of benzene rings is 1. The first-order valence-corrected chi connectivity index (χ1v) is 9.59. The zero-order valence-electron chi connectivity index (χ0n) is 15.7. The van der Waals surface area contributed by atoms with Crippen molar-refractivity contribution in [2.24, 2.45) is 28.8 Å². The molecular weight excluding hydrogens is 312 g/mol. The van der Waals surface area contributed by atoms with Crippen LogP contribution < -0.4 is 0 Å². The minimum atomic E-state index is -0.211. The maximum absolute atomic E-state index is 10.6. The molecule has 2 fully saturated rings. The molecule has 25 heavy (non-hydrogen) atoms. The number of likely N-dealkylation sites (N-methyl/N-ethyl adjacent to an activating group) is 1. The van der Waals surface area contributed by atoms with Crippen LogP contribution in [0.1, 0.15) is 37.7 Å². The van der Waals surface area contributed by atoms with Crippen molar-refractivity contribution in [3.8, 4) is 0 Å². The SMILES string of the molecule is CC1C[C@H](c2ccccc2)C[C@@H]2C(O)C[C@H](/C=N/OCCN(C)C)[C@@H]12. The first kappa shape index (κ1) is 18.4. The van der Waals surface area contributed by atoms with Gasteiger partial charge in [0.25, 0.3) is 0 Å². The van der Waals surface area contributed by atoms with Crippen molar-refractivity contribution in [3.63, 3.8) is 0 Å². The van der Waals surface area contributed by atoms with E-state index in [2.05, 4.69) is 47.3 Å². The molecule has 1 aromatic rings. The van der Waals surface area contributed by atoms with Gasteiger partial charge in [-0.25, -0.2) is 0 Å². The molecule has 2 aliphatic rings. The quantitative estimate of drug-likeness (QED) is 0.489. The third-order valence-corrected chi connectivity index (χ3v) is 6.09. The monoisotopic (exact) mass is 344 g/mol. The van der Waals surface area contributed by atoms with Crippen molar-refractivity contribution in [1.82, 2.24) is 4.90 Å². The van der Waals surface area contributed by atoms with Crippen LogP contribution in [0.25, 0.3) is 0 Å². The van der Waals surface area contributed by atoms with Gasteiger partial charge in [0.1, 0.15) is 6.61 Å². The molecule has 138 valence electrons. The van der Waals surface area contributed by atoms with E-state index < -0.39 is 0 Å². The van der Waals surface area contributed by atoms with Gasteiger partial charge in [-0.15, -0.1) is 0 Å². The largest absolute Gasteiger partial charge is 0.395 e. The van der Waals surface area contributed by atoms with Crippen molar-refractivity contribution in [2.75, 3.05) is 27.2 Å². The molecule has 0 bridgehead atoms. The Balaban J connectivity index is 1.61. The Morgan fingerprint density at radius 1 is 1.20 bits per heavy atom. The van der Waals surface area contributed by atoms with Crippen LogP contribution in [-0.2, 0) is 4.84 Å². The zero-order chi connectivity index (χ0) is 17.8. The van der Waals surface area contributed by atoms with Crippen molar-refractivity contribution in [3.05, 3.63) is 35.9 Å². The van der Waals surface area contributed by atoms with Gasteiger partial charge in [-0.2, -0.15) is 0 Å². The van der Waals surface area contributed by atoms with Crippen molar-refractivity contribution in [1.29, 1.82) is 0 Å². The number of aliphatic hydroxyl groups excluding tert-OH is 1. The Kier molecular flexibility index (Phi) is 6.13. The molecule has 2 unspecified atom stereocenters. The lowest BCUT2D eigenvalue weighted by atomic mass is 9.66. The van der Waals surface area contributed by atoms with E-state index in [1.807, 2.05) is 20.3 Å². The van der Waals surface area contributed by atoms with Crippen LogP contribution in [-0.4, -0.2) is 49.6 Å². The molecular formula is C21H32N2O2. The molecule has 0 spiro atoms. The molecule has 0 aliphatic heterocycles. The fourth-order valence-corrected chi connectivity index (χ4v) is 4.93. The lowest BCUT2D eigenvalue weighted by Crippen LogP contribution is -2.34. The number of nitrogens with zero attached hydrogens (tertiary/aromatic N) is 2. The normalized spacial score (nSPS) is 35.2. The zero-order valence-corrected chi connectivity index (χ0v) is 15.7. The van der Waals surface area contributed by atoms with E-state index in [0.29, 0.717) is 36.2 Å². The smallest absolute Gasteiger partial charge is 0.129 e. The standard InChI is InChI=1S/C21H32N2O2/c1-15-11-17(16-7-5-4-6-8-16)12-19-20(24)13-18(21(15)19)14-22-25-10-9-23(2)3/h4-8,14-15,17-21,24H,9-13H2,1-3H3/b22-14+/t15?,17-,18+,19+,20?,21+/m0/s1. The van der Waals surface area contributed by atoms with Crippen LogP contribution >= 0.6 is 0 Å². The van der Waals surface area contributed by atoms with Crippen LogP contribution in [0.5, 0.6) is 0 Å². The number of hydrogen-bond donors (Lipinski definition) is 1. The summed E-state index contributed by atoms with van der Waals surface area (Å²) in [6.07, 6.45) is 4.86. The summed E-state index contributed by atoms with van der Waals surface area (Å²) in [4.78, 5) is 7.47. The summed E-state index contributed by atoms with van der Waals surface area (Å²) in [5.74, 6) is 2.41. The van der Waals surface area contributed by atoms with Crippen LogP contribution in [0.3, 0.4) is 0 Å². The van der Waals surface area contributed by atoms with Gasteiger partial charge >= 0.3 is 0 Å². The van der Waals surface area contributed by atoms with Crippen molar-refractivity contribution < 1.29 is 9.94 Å². The van der Waals surface area contributed by atoms with Gasteiger partial charge in [-0.05, 0) is 62.6 Å². The molecule has 1 N–H and O–H groups in total. The number of oxime groups is 1. The third kappa shape index (κ3) is 4.42. The second-order valence-electron chi connectivity index (χ2n) is 8.16. The molecule has 3 rings (SSSR count). The van der Waals surface area contributed by atoms with E-state index in [4.69, 9.17) is 4.84 Å². The van der Waals surface area contributed by atoms with Gasteiger partial charge < -0.3 is 14.8 Å². The van der Waals surface area contributed by atoms with Gasteiger partial charge in [0, 0.05) is 18.7 Å². The molecule has 0 heterocycles. The summed E-state index contributed by atoms with van der Waals surface area (Å²) in [6, 6.07) is 10.8. The molecule has 2 aliphatic carbocycles. The average molecular weight is 344 g/mol. The number of hydrogen-bond acceptors (Lipinski definition) is 4. The summed E-state index contributed by atoms with van der Waals surface area (Å²) in [7, 11) is 4.05. The topological polar surface area (TPSA) is 45.1 Å². The highest BCUT2D eigenvalue weighted by Crippen LogP contribution is 2.52. The summed E-state index contributed by atoms with van der Waals surface area (Å²) >= 11 is 0. The predicted molar refractivity (Wildman–Crippen MR) is 102 cm³/mol. The fraction of sp³-hybridized carbons (Fsp3) is 0.667. The Labute approximate surface area is 151 Å². The van der Waals surface area contributed by atoms with Gasteiger partial charge in [-0.3, -0.25) is 0 Å². The molecule has 0 radical (unpaired) electrons. The predicted octanol–water partition coefficient (Wildman–Crippen LogP) is 3.38. The maximum atomic E-state index is 10.6. The first-order valence-electron chi connectivity index (χ1n) is 9.59. The summed E-state index contributed by atoms with van der Waals surface area (Å²) in [6.45, 7) is 3.82. The Bertz CT molecular complexity index is 560. The molecule has 0 saturated heterocycles. The van der Waals surface area contributed by atoms with E-state index in [1.54, 1.807) is 0 Å². The van der Waals surface area contributed by atoms with Gasteiger partial charge in [0.15, 0.2) is 0 Å². The van der Waals surface area contributed by atoms with E-state index in [-0.39, 0.29) is 6.10 Å². The van der Waals surface area contributed by atoms with Crippen LogP contribution in [0.4, 0.5) is 0 Å².